The van der Waals surface area contributed by atoms with Crippen molar-refractivity contribution in [2.24, 2.45) is 0 Å². The average molecular weight is 163 g/mol. The summed E-state index contributed by atoms with van der Waals surface area (Å²) >= 11 is 2.02. The topological polar surface area (TPSA) is 0 Å². The summed E-state index contributed by atoms with van der Waals surface area (Å²) in [5, 5.41) is 0. The highest BCUT2D eigenvalue weighted by atomic mass is 32.2. The molecule has 1 heteroatoms. The Bertz CT molecular complexity index is 217. The Hall–Kier alpha value is -0.430. The Labute approximate surface area is 72.0 Å². The maximum absolute atomic E-state index is 2.33. The molecule has 0 aromatic heterocycles. The van der Waals surface area contributed by atoms with E-state index in [4.69, 9.17) is 0 Å². The number of rotatable bonds is 0. The molecule has 57 valence electrons. The lowest BCUT2D eigenvalue weighted by atomic mass is 10.0. The number of benzene rings is 1. The Morgan fingerprint density at radius 2 is 2.09 bits per heavy atom. The minimum absolute atomic E-state index is 1.18. The van der Waals surface area contributed by atoms with Crippen LogP contribution < -0.4 is 0 Å². The molecule has 0 spiro atoms. The van der Waals surface area contributed by atoms with E-state index in [1.807, 2.05) is 11.8 Å². The van der Waals surface area contributed by atoms with Crippen LogP contribution in [0.5, 0.6) is 0 Å². The SMILES string of the molecule is [CH]1CSCCc2ccccc21. The Kier molecular flexibility index (Phi) is 2.18. The summed E-state index contributed by atoms with van der Waals surface area (Å²) in [6, 6.07) is 8.69. The van der Waals surface area contributed by atoms with Crippen LogP contribution in [0.1, 0.15) is 11.1 Å². The molecule has 1 aromatic rings. The number of hydrogen-bond acceptors (Lipinski definition) is 1. The fourth-order valence-electron chi connectivity index (χ4n) is 1.38. The summed E-state index contributed by atoms with van der Waals surface area (Å²) < 4.78 is 0. The summed E-state index contributed by atoms with van der Waals surface area (Å²) in [5.41, 5.74) is 2.95. The number of hydrogen-bond donors (Lipinski definition) is 0. The minimum Gasteiger partial charge on any atom is -0.161 e. The van der Waals surface area contributed by atoms with Crippen LogP contribution in [0.2, 0.25) is 0 Å². The van der Waals surface area contributed by atoms with E-state index in [9.17, 15) is 0 Å². The maximum Gasteiger partial charge on any atom is 0.000851 e. The smallest absolute Gasteiger partial charge is 0.000851 e. The molecule has 0 saturated heterocycles. The van der Waals surface area contributed by atoms with Crippen molar-refractivity contribution in [3.63, 3.8) is 0 Å². The van der Waals surface area contributed by atoms with Gasteiger partial charge >= 0.3 is 0 Å². The highest BCUT2D eigenvalue weighted by molar-refractivity contribution is 7.99. The van der Waals surface area contributed by atoms with Crippen molar-refractivity contribution in [3.05, 3.63) is 41.8 Å². The van der Waals surface area contributed by atoms with Gasteiger partial charge in [0.25, 0.3) is 0 Å². The van der Waals surface area contributed by atoms with Gasteiger partial charge in [-0.2, -0.15) is 11.8 Å². The van der Waals surface area contributed by atoms with Gasteiger partial charge < -0.3 is 0 Å². The predicted octanol–water partition coefficient (Wildman–Crippen LogP) is 2.53. The van der Waals surface area contributed by atoms with Crippen molar-refractivity contribution in [2.45, 2.75) is 6.42 Å². The van der Waals surface area contributed by atoms with E-state index in [0.29, 0.717) is 0 Å². The van der Waals surface area contributed by atoms with E-state index in [2.05, 4.69) is 30.7 Å². The largest absolute Gasteiger partial charge is 0.161 e. The van der Waals surface area contributed by atoms with Gasteiger partial charge in [0.15, 0.2) is 0 Å². The van der Waals surface area contributed by atoms with E-state index in [1.54, 1.807) is 0 Å². The molecule has 0 fully saturated rings. The number of thioether (sulfide) groups is 1. The number of aryl methyl sites for hydroxylation is 1. The van der Waals surface area contributed by atoms with Crippen molar-refractivity contribution in [2.75, 3.05) is 11.5 Å². The average Bonchev–Trinajstić information content (AvgIpc) is 2.28. The van der Waals surface area contributed by atoms with Crippen LogP contribution >= 0.6 is 11.8 Å². The molecular weight excluding hydrogens is 152 g/mol. The van der Waals surface area contributed by atoms with Crippen LogP contribution in [-0.2, 0) is 6.42 Å². The van der Waals surface area contributed by atoms with Crippen molar-refractivity contribution in [1.82, 2.24) is 0 Å². The molecule has 1 aliphatic rings. The van der Waals surface area contributed by atoms with Gasteiger partial charge in [-0.3, -0.25) is 0 Å². The highest BCUT2D eigenvalue weighted by Gasteiger charge is 2.05. The maximum atomic E-state index is 2.33. The van der Waals surface area contributed by atoms with Gasteiger partial charge in [0.2, 0.25) is 0 Å². The molecule has 11 heavy (non-hydrogen) atoms. The molecule has 0 amide bonds. The van der Waals surface area contributed by atoms with Gasteiger partial charge in [0.05, 0.1) is 0 Å². The Balaban J connectivity index is 2.33. The van der Waals surface area contributed by atoms with Gasteiger partial charge in [-0.15, -0.1) is 0 Å². The molecule has 1 radical (unpaired) electrons. The third kappa shape index (κ3) is 1.59. The van der Waals surface area contributed by atoms with Crippen LogP contribution in [0.15, 0.2) is 24.3 Å². The zero-order valence-corrected chi connectivity index (χ0v) is 7.23. The highest BCUT2D eigenvalue weighted by Crippen LogP contribution is 2.20. The first-order chi connectivity index (χ1) is 5.47. The van der Waals surface area contributed by atoms with Crippen molar-refractivity contribution in [1.29, 1.82) is 0 Å². The lowest BCUT2D eigenvalue weighted by Crippen LogP contribution is -1.89. The summed E-state index contributed by atoms with van der Waals surface area (Å²) in [5.74, 6) is 2.45. The monoisotopic (exact) mass is 163 g/mol. The quantitative estimate of drug-likeness (QED) is 0.566. The molecule has 1 aliphatic heterocycles. The first kappa shape index (κ1) is 7.23. The van der Waals surface area contributed by atoms with Gasteiger partial charge in [-0.05, 0) is 23.3 Å². The molecule has 1 heterocycles. The first-order valence-electron chi connectivity index (χ1n) is 3.96. The first-order valence-corrected chi connectivity index (χ1v) is 5.11. The normalized spacial score (nSPS) is 17.1. The molecule has 0 saturated carbocycles. The Morgan fingerprint density at radius 3 is 3.09 bits per heavy atom. The summed E-state index contributed by atoms with van der Waals surface area (Å²) in [6.07, 6.45) is 3.56. The third-order valence-electron chi connectivity index (χ3n) is 1.99. The second-order valence-electron chi connectivity index (χ2n) is 2.73. The lowest BCUT2D eigenvalue weighted by molar-refractivity contribution is 1.15. The van der Waals surface area contributed by atoms with Crippen molar-refractivity contribution >= 4 is 11.8 Å². The summed E-state index contributed by atoms with van der Waals surface area (Å²) in [4.78, 5) is 0. The third-order valence-corrected chi connectivity index (χ3v) is 2.89. The second-order valence-corrected chi connectivity index (χ2v) is 3.88. The predicted molar refractivity (Wildman–Crippen MR) is 50.9 cm³/mol. The van der Waals surface area contributed by atoms with E-state index in [0.717, 1.165) is 0 Å². The fraction of sp³-hybridized carbons (Fsp3) is 0.300. The van der Waals surface area contributed by atoms with Crippen molar-refractivity contribution < 1.29 is 0 Å². The zero-order chi connectivity index (χ0) is 7.52. The number of fused-ring (bicyclic) bond motifs is 1. The molecular formula is C10H11S. The molecule has 0 N–H and O–H groups in total. The van der Waals surface area contributed by atoms with Crippen LogP contribution in [0.25, 0.3) is 0 Å². The van der Waals surface area contributed by atoms with Gasteiger partial charge in [0.1, 0.15) is 0 Å². The van der Waals surface area contributed by atoms with Gasteiger partial charge in [-0.25, -0.2) is 0 Å². The standard InChI is InChI=1S/C10H11S/c1-2-4-10-6-8-11-7-5-9(10)3-1/h1-5H,6-8H2. The fourth-order valence-corrected chi connectivity index (χ4v) is 2.20. The zero-order valence-electron chi connectivity index (χ0n) is 6.42. The molecule has 0 atom stereocenters. The van der Waals surface area contributed by atoms with Crippen molar-refractivity contribution in [3.8, 4) is 0 Å². The van der Waals surface area contributed by atoms with E-state index >= 15 is 0 Å². The van der Waals surface area contributed by atoms with Crippen LogP contribution in [0.3, 0.4) is 0 Å². The molecule has 0 aliphatic carbocycles. The summed E-state index contributed by atoms with van der Waals surface area (Å²) in [6.45, 7) is 0. The van der Waals surface area contributed by atoms with Crippen LogP contribution in [0.4, 0.5) is 0 Å². The molecule has 1 aromatic carbocycles. The van der Waals surface area contributed by atoms with Gasteiger partial charge in [-0.1, -0.05) is 24.3 Å². The lowest BCUT2D eigenvalue weighted by Gasteiger charge is -2.01. The minimum atomic E-state index is 1.18. The molecule has 0 bridgehead atoms. The van der Waals surface area contributed by atoms with Crippen LogP contribution in [0, 0.1) is 6.42 Å². The molecule has 0 nitrogen and oxygen atoms in total. The van der Waals surface area contributed by atoms with Crippen LogP contribution in [-0.4, -0.2) is 11.5 Å². The van der Waals surface area contributed by atoms with E-state index in [-0.39, 0.29) is 0 Å². The Morgan fingerprint density at radius 1 is 1.18 bits per heavy atom. The van der Waals surface area contributed by atoms with Gasteiger partial charge in [0, 0.05) is 12.2 Å². The van der Waals surface area contributed by atoms with E-state index in [1.165, 1.54) is 29.1 Å². The summed E-state index contributed by atoms with van der Waals surface area (Å²) in [7, 11) is 0. The van der Waals surface area contributed by atoms with E-state index < -0.39 is 0 Å². The molecule has 2 rings (SSSR count). The molecule has 0 unspecified atom stereocenters. The second kappa shape index (κ2) is 3.31.